The minimum absolute atomic E-state index is 0.0298. The number of benzene rings is 3. The summed E-state index contributed by atoms with van der Waals surface area (Å²) in [4.78, 5) is 23.7. The molecular formula is C23H22N2O2. The van der Waals surface area contributed by atoms with Gasteiger partial charge in [-0.15, -0.1) is 0 Å². The summed E-state index contributed by atoms with van der Waals surface area (Å²) < 4.78 is 0. The molecule has 4 nitrogen and oxygen atoms in total. The van der Waals surface area contributed by atoms with E-state index >= 15 is 0 Å². The number of nitrogens with one attached hydrogen (secondary N) is 2. The Morgan fingerprint density at radius 2 is 1.33 bits per heavy atom. The molecule has 0 heterocycles. The van der Waals surface area contributed by atoms with Crippen LogP contribution in [0, 0.1) is 0 Å². The van der Waals surface area contributed by atoms with Gasteiger partial charge >= 0.3 is 0 Å². The maximum atomic E-state index is 12.2. The molecule has 0 atom stereocenters. The Kier molecular flexibility index (Phi) is 6.00. The number of carbonyl (C=O) groups is 2. The molecule has 3 aromatic rings. The molecule has 2 amide bonds. The van der Waals surface area contributed by atoms with Crippen LogP contribution < -0.4 is 10.6 Å². The Morgan fingerprint density at radius 1 is 0.741 bits per heavy atom. The van der Waals surface area contributed by atoms with Crippen LogP contribution in [-0.4, -0.2) is 18.9 Å². The molecule has 3 rings (SSSR count). The lowest BCUT2D eigenvalue weighted by Gasteiger charge is -2.07. The molecule has 0 saturated heterocycles. The molecule has 136 valence electrons. The molecule has 0 aliphatic rings. The third-order valence-corrected chi connectivity index (χ3v) is 4.36. The molecule has 0 radical (unpaired) electrons. The molecule has 0 aliphatic heterocycles. The summed E-state index contributed by atoms with van der Waals surface area (Å²) in [6, 6.07) is 25.4. The topological polar surface area (TPSA) is 58.2 Å². The zero-order valence-corrected chi connectivity index (χ0v) is 15.2. The van der Waals surface area contributed by atoms with Crippen molar-refractivity contribution < 1.29 is 9.59 Å². The van der Waals surface area contributed by atoms with Crippen LogP contribution in [0.2, 0.25) is 0 Å². The largest absolute Gasteiger partial charge is 0.355 e. The summed E-state index contributed by atoms with van der Waals surface area (Å²) in [5, 5.41) is 5.50. The number of carbonyl (C=O) groups excluding carboxylic acids is 2. The third kappa shape index (κ3) is 5.05. The summed E-state index contributed by atoms with van der Waals surface area (Å²) >= 11 is 0. The SMILES string of the molecule is CNC(=O)c1ccc(CNC(=O)Cc2ccc(-c3ccccc3)cc2)cc1. The maximum Gasteiger partial charge on any atom is 0.251 e. The Labute approximate surface area is 159 Å². The highest BCUT2D eigenvalue weighted by Gasteiger charge is 2.06. The van der Waals surface area contributed by atoms with Crippen molar-refractivity contribution >= 4 is 11.8 Å². The average molecular weight is 358 g/mol. The van der Waals surface area contributed by atoms with Gasteiger partial charge in [-0.05, 0) is 34.4 Å². The first-order chi connectivity index (χ1) is 13.2. The van der Waals surface area contributed by atoms with Gasteiger partial charge in [0, 0.05) is 19.2 Å². The fourth-order valence-corrected chi connectivity index (χ4v) is 2.81. The van der Waals surface area contributed by atoms with Crippen LogP contribution in [0.25, 0.3) is 11.1 Å². The van der Waals surface area contributed by atoms with Crippen molar-refractivity contribution in [3.8, 4) is 11.1 Å². The second kappa shape index (κ2) is 8.81. The second-order valence-electron chi connectivity index (χ2n) is 6.29. The van der Waals surface area contributed by atoms with Gasteiger partial charge in [-0.3, -0.25) is 9.59 Å². The van der Waals surface area contributed by atoms with Gasteiger partial charge in [0.05, 0.1) is 6.42 Å². The first kappa shape index (κ1) is 18.4. The van der Waals surface area contributed by atoms with Crippen molar-refractivity contribution in [2.24, 2.45) is 0 Å². The second-order valence-corrected chi connectivity index (χ2v) is 6.29. The predicted octanol–water partition coefficient (Wildman–Crippen LogP) is 3.57. The summed E-state index contributed by atoms with van der Waals surface area (Å²) in [5.41, 5.74) is 4.83. The van der Waals surface area contributed by atoms with Crippen LogP contribution in [-0.2, 0) is 17.8 Å². The molecule has 27 heavy (non-hydrogen) atoms. The molecule has 3 aromatic carbocycles. The molecule has 2 N–H and O–H groups in total. The normalized spacial score (nSPS) is 10.3. The van der Waals surface area contributed by atoms with Crippen molar-refractivity contribution in [1.29, 1.82) is 0 Å². The van der Waals surface area contributed by atoms with Crippen molar-refractivity contribution in [2.75, 3.05) is 7.05 Å². The van der Waals surface area contributed by atoms with Crippen LogP contribution in [0.5, 0.6) is 0 Å². The van der Waals surface area contributed by atoms with Crippen LogP contribution in [0.1, 0.15) is 21.5 Å². The zero-order valence-electron chi connectivity index (χ0n) is 15.2. The molecule has 0 fully saturated rings. The van der Waals surface area contributed by atoms with E-state index in [-0.39, 0.29) is 11.8 Å². The monoisotopic (exact) mass is 358 g/mol. The Balaban J connectivity index is 1.52. The van der Waals surface area contributed by atoms with Crippen molar-refractivity contribution in [3.05, 3.63) is 95.6 Å². The first-order valence-electron chi connectivity index (χ1n) is 8.88. The molecule has 0 spiro atoms. The third-order valence-electron chi connectivity index (χ3n) is 4.36. The lowest BCUT2D eigenvalue weighted by Crippen LogP contribution is -2.24. The lowest BCUT2D eigenvalue weighted by atomic mass is 10.0. The molecule has 4 heteroatoms. The van der Waals surface area contributed by atoms with Gasteiger partial charge in [0.15, 0.2) is 0 Å². The molecule has 0 aliphatic carbocycles. The Morgan fingerprint density at radius 3 is 1.96 bits per heavy atom. The van der Waals surface area contributed by atoms with E-state index < -0.39 is 0 Å². The summed E-state index contributed by atoms with van der Waals surface area (Å²) in [7, 11) is 1.60. The van der Waals surface area contributed by atoms with Crippen molar-refractivity contribution in [2.45, 2.75) is 13.0 Å². The fourth-order valence-electron chi connectivity index (χ4n) is 2.81. The van der Waals surface area contributed by atoms with Gasteiger partial charge < -0.3 is 10.6 Å². The highest BCUT2D eigenvalue weighted by atomic mass is 16.2. The van der Waals surface area contributed by atoms with Gasteiger partial charge in [0.2, 0.25) is 5.91 Å². The van der Waals surface area contributed by atoms with E-state index in [9.17, 15) is 9.59 Å². The number of amides is 2. The standard InChI is InChI=1S/C23H22N2O2/c1-24-23(27)21-13-9-18(10-14-21)16-25-22(26)15-17-7-11-20(12-8-17)19-5-3-2-4-6-19/h2-14H,15-16H2,1H3,(H,24,27)(H,25,26). The first-order valence-corrected chi connectivity index (χ1v) is 8.88. The average Bonchev–Trinajstić information content (AvgIpc) is 2.73. The summed E-state index contributed by atoms with van der Waals surface area (Å²) in [6.45, 7) is 0.439. The van der Waals surface area contributed by atoms with Crippen molar-refractivity contribution in [3.63, 3.8) is 0 Å². The molecule has 0 aromatic heterocycles. The van der Waals surface area contributed by atoms with E-state index in [4.69, 9.17) is 0 Å². The van der Waals surface area contributed by atoms with Crippen LogP contribution in [0.4, 0.5) is 0 Å². The van der Waals surface area contributed by atoms with E-state index in [0.29, 0.717) is 18.5 Å². The highest BCUT2D eigenvalue weighted by molar-refractivity contribution is 5.93. The van der Waals surface area contributed by atoms with Crippen LogP contribution >= 0.6 is 0 Å². The van der Waals surface area contributed by atoms with E-state index in [1.165, 1.54) is 0 Å². The maximum absolute atomic E-state index is 12.2. The predicted molar refractivity (Wildman–Crippen MR) is 107 cm³/mol. The summed E-state index contributed by atoms with van der Waals surface area (Å²) in [6.07, 6.45) is 0.339. The quantitative estimate of drug-likeness (QED) is 0.708. The molecule has 0 saturated carbocycles. The minimum Gasteiger partial charge on any atom is -0.355 e. The minimum atomic E-state index is -0.121. The van der Waals surface area contributed by atoms with Gasteiger partial charge in [-0.1, -0.05) is 66.7 Å². The molecular weight excluding hydrogens is 336 g/mol. The number of hydrogen-bond acceptors (Lipinski definition) is 2. The van der Waals surface area contributed by atoms with Crippen molar-refractivity contribution in [1.82, 2.24) is 10.6 Å². The zero-order chi connectivity index (χ0) is 19.1. The van der Waals surface area contributed by atoms with E-state index in [0.717, 1.165) is 22.3 Å². The van der Waals surface area contributed by atoms with Gasteiger partial charge in [0.25, 0.3) is 5.91 Å². The fraction of sp³-hybridized carbons (Fsp3) is 0.130. The van der Waals surface area contributed by atoms with E-state index in [2.05, 4.69) is 22.8 Å². The Hall–Kier alpha value is -3.40. The summed E-state index contributed by atoms with van der Waals surface area (Å²) in [5.74, 6) is -0.151. The number of rotatable bonds is 6. The highest BCUT2D eigenvalue weighted by Crippen LogP contribution is 2.19. The smallest absolute Gasteiger partial charge is 0.251 e. The van der Waals surface area contributed by atoms with Gasteiger partial charge in [0.1, 0.15) is 0 Å². The molecule has 0 unspecified atom stereocenters. The van der Waals surface area contributed by atoms with Crippen LogP contribution in [0.15, 0.2) is 78.9 Å². The Bertz CT molecular complexity index is 901. The van der Waals surface area contributed by atoms with Gasteiger partial charge in [-0.25, -0.2) is 0 Å². The lowest BCUT2D eigenvalue weighted by molar-refractivity contribution is -0.120. The molecule has 0 bridgehead atoms. The number of hydrogen-bond donors (Lipinski definition) is 2. The van der Waals surface area contributed by atoms with Crippen LogP contribution in [0.3, 0.4) is 0 Å². The van der Waals surface area contributed by atoms with E-state index in [1.807, 2.05) is 54.6 Å². The van der Waals surface area contributed by atoms with Gasteiger partial charge in [-0.2, -0.15) is 0 Å². The van der Waals surface area contributed by atoms with E-state index in [1.54, 1.807) is 19.2 Å².